The van der Waals surface area contributed by atoms with Gasteiger partial charge in [0.15, 0.2) is 0 Å². The smallest absolute Gasteiger partial charge is 0.329 e. The lowest BCUT2D eigenvalue weighted by Gasteiger charge is -2.38. The fraction of sp³-hybridized carbons (Fsp3) is 0.429. The molecule has 0 radical (unpaired) electrons. The normalized spacial score (nSPS) is 16.8. The van der Waals surface area contributed by atoms with E-state index in [9.17, 15) is 19.8 Å². The molecule has 0 fully saturated rings. The van der Waals surface area contributed by atoms with E-state index in [-0.39, 0.29) is 11.7 Å². The summed E-state index contributed by atoms with van der Waals surface area (Å²) >= 11 is 1.36. The van der Waals surface area contributed by atoms with Crippen LogP contribution in [0.1, 0.15) is 32.4 Å². The zero-order valence-electron chi connectivity index (χ0n) is 11.6. The molecule has 1 amide bonds. The summed E-state index contributed by atoms with van der Waals surface area (Å²) in [7, 11) is 0. The number of nitrogens with zero attached hydrogens (tertiary/aromatic N) is 1. The molecule has 0 saturated carbocycles. The van der Waals surface area contributed by atoms with Gasteiger partial charge in [-0.15, -0.1) is 11.8 Å². The SMILES string of the molecule is CC(O)c1ccc2c(c1)SCC(=O)N2C(C)(C)C(=O)O. The van der Waals surface area contributed by atoms with Crippen molar-refractivity contribution >= 4 is 29.3 Å². The second kappa shape index (κ2) is 5.10. The Bertz CT molecular complexity index is 568. The van der Waals surface area contributed by atoms with Gasteiger partial charge < -0.3 is 10.2 Å². The summed E-state index contributed by atoms with van der Waals surface area (Å²) in [6.07, 6.45) is -0.598. The fourth-order valence-corrected chi connectivity index (χ4v) is 3.07. The van der Waals surface area contributed by atoms with Gasteiger partial charge in [-0.05, 0) is 38.5 Å². The summed E-state index contributed by atoms with van der Waals surface area (Å²) in [5.74, 6) is -1.07. The van der Waals surface area contributed by atoms with Gasteiger partial charge >= 0.3 is 5.97 Å². The Labute approximate surface area is 121 Å². The summed E-state index contributed by atoms with van der Waals surface area (Å²) in [5.41, 5.74) is 0.0285. The van der Waals surface area contributed by atoms with Crippen LogP contribution in [-0.4, -0.2) is 33.4 Å². The standard InChI is InChI=1S/C14H17NO4S/c1-8(16)9-4-5-10-11(6-9)20-7-12(17)15(10)14(2,3)13(18)19/h4-6,8,16H,7H2,1-3H3,(H,18,19). The molecule has 1 aliphatic heterocycles. The molecule has 1 unspecified atom stereocenters. The molecule has 0 saturated heterocycles. The molecule has 0 spiro atoms. The van der Waals surface area contributed by atoms with Gasteiger partial charge in [-0.2, -0.15) is 0 Å². The number of hydrogen-bond donors (Lipinski definition) is 2. The third kappa shape index (κ3) is 2.41. The number of anilines is 1. The first-order chi connectivity index (χ1) is 9.25. The Morgan fingerprint density at radius 1 is 1.45 bits per heavy atom. The van der Waals surface area contributed by atoms with Crippen LogP contribution in [0.3, 0.4) is 0 Å². The summed E-state index contributed by atoms with van der Waals surface area (Å²) in [4.78, 5) is 25.7. The van der Waals surface area contributed by atoms with Gasteiger partial charge in [0.2, 0.25) is 5.91 Å². The third-order valence-electron chi connectivity index (χ3n) is 3.39. The Morgan fingerprint density at radius 2 is 2.10 bits per heavy atom. The molecule has 1 heterocycles. The molecule has 0 aromatic heterocycles. The fourth-order valence-electron chi connectivity index (χ4n) is 2.14. The van der Waals surface area contributed by atoms with Crippen LogP contribution in [0.25, 0.3) is 0 Å². The highest BCUT2D eigenvalue weighted by Gasteiger charge is 2.41. The van der Waals surface area contributed by atoms with E-state index in [0.717, 1.165) is 10.5 Å². The van der Waals surface area contributed by atoms with Gasteiger partial charge in [0.1, 0.15) is 5.54 Å². The highest BCUT2D eigenvalue weighted by atomic mass is 32.2. The zero-order chi connectivity index (χ0) is 15.1. The molecule has 5 nitrogen and oxygen atoms in total. The van der Waals surface area contributed by atoms with Crippen molar-refractivity contribution in [2.24, 2.45) is 0 Å². The van der Waals surface area contributed by atoms with Crippen LogP contribution >= 0.6 is 11.8 Å². The van der Waals surface area contributed by atoms with E-state index in [4.69, 9.17) is 0 Å². The van der Waals surface area contributed by atoms with Gasteiger partial charge in [0.05, 0.1) is 17.5 Å². The third-order valence-corrected chi connectivity index (χ3v) is 4.42. The number of amides is 1. The van der Waals surface area contributed by atoms with E-state index >= 15 is 0 Å². The van der Waals surface area contributed by atoms with Crippen molar-refractivity contribution in [3.8, 4) is 0 Å². The lowest BCUT2D eigenvalue weighted by Crippen LogP contribution is -2.55. The molecular formula is C14H17NO4S. The minimum Gasteiger partial charge on any atom is -0.480 e. The second-order valence-corrected chi connectivity index (χ2v) is 6.30. The van der Waals surface area contributed by atoms with E-state index in [1.807, 2.05) is 6.07 Å². The number of carboxylic acid groups (broad SMARTS) is 1. The average Bonchev–Trinajstić information content (AvgIpc) is 2.37. The van der Waals surface area contributed by atoms with Crippen LogP contribution in [0.5, 0.6) is 0 Å². The number of aliphatic carboxylic acids is 1. The van der Waals surface area contributed by atoms with E-state index in [0.29, 0.717) is 5.69 Å². The maximum atomic E-state index is 12.1. The number of carboxylic acids is 1. The number of rotatable bonds is 3. The highest BCUT2D eigenvalue weighted by Crippen LogP contribution is 2.40. The van der Waals surface area contributed by atoms with Crippen LogP contribution in [-0.2, 0) is 9.59 Å². The van der Waals surface area contributed by atoms with Crippen LogP contribution in [0.4, 0.5) is 5.69 Å². The maximum Gasteiger partial charge on any atom is 0.329 e. The Hall–Kier alpha value is -1.53. The number of aliphatic hydroxyl groups excluding tert-OH is 1. The molecule has 108 valence electrons. The van der Waals surface area contributed by atoms with Crippen LogP contribution < -0.4 is 4.90 Å². The summed E-state index contributed by atoms with van der Waals surface area (Å²) in [6, 6.07) is 5.22. The van der Waals surface area contributed by atoms with Gasteiger partial charge in [-0.3, -0.25) is 9.69 Å². The van der Waals surface area contributed by atoms with E-state index in [2.05, 4.69) is 0 Å². The molecule has 2 rings (SSSR count). The Balaban J connectivity index is 2.53. The Morgan fingerprint density at radius 3 is 2.65 bits per heavy atom. The number of benzene rings is 1. The minimum atomic E-state index is -1.31. The van der Waals surface area contributed by atoms with Gasteiger partial charge in [-0.1, -0.05) is 6.07 Å². The maximum absolute atomic E-state index is 12.1. The van der Waals surface area contributed by atoms with E-state index in [1.165, 1.54) is 30.5 Å². The molecule has 1 aliphatic rings. The number of carbonyl (C=O) groups excluding carboxylic acids is 1. The van der Waals surface area contributed by atoms with Crippen LogP contribution in [0.15, 0.2) is 23.1 Å². The number of aliphatic hydroxyl groups is 1. The van der Waals surface area contributed by atoms with Crippen molar-refractivity contribution in [3.05, 3.63) is 23.8 Å². The van der Waals surface area contributed by atoms with Gasteiger partial charge in [0.25, 0.3) is 0 Å². The monoisotopic (exact) mass is 295 g/mol. The van der Waals surface area contributed by atoms with Crippen molar-refractivity contribution in [1.29, 1.82) is 0 Å². The molecular weight excluding hydrogens is 278 g/mol. The quantitative estimate of drug-likeness (QED) is 0.892. The molecule has 6 heteroatoms. The predicted octanol–water partition coefficient (Wildman–Crippen LogP) is 2.04. The van der Waals surface area contributed by atoms with Crippen LogP contribution in [0.2, 0.25) is 0 Å². The summed E-state index contributed by atoms with van der Waals surface area (Å²) < 4.78 is 0. The van der Waals surface area contributed by atoms with Crippen molar-refractivity contribution in [3.63, 3.8) is 0 Å². The predicted molar refractivity (Wildman–Crippen MR) is 77.0 cm³/mol. The summed E-state index contributed by atoms with van der Waals surface area (Å²) in [5, 5.41) is 18.9. The van der Waals surface area contributed by atoms with Crippen molar-refractivity contribution in [2.45, 2.75) is 37.3 Å². The average molecular weight is 295 g/mol. The van der Waals surface area contributed by atoms with E-state index < -0.39 is 17.6 Å². The largest absolute Gasteiger partial charge is 0.480 e. The first-order valence-electron chi connectivity index (χ1n) is 6.26. The minimum absolute atomic E-state index is 0.201. The van der Waals surface area contributed by atoms with Crippen molar-refractivity contribution < 1.29 is 19.8 Å². The molecule has 2 N–H and O–H groups in total. The van der Waals surface area contributed by atoms with Gasteiger partial charge in [0, 0.05) is 4.90 Å². The van der Waals surface area contributed by atoms with Gasteiger partial charge in [-0.25, -0.2) is 4.79 Å². The number of thioether (sulfide) groups is 1. The number of fused-ring (bicyclic) bond motifs is 1. The molecule has 1 aromatic carbocycles. The lowest BCUT2D eigenvalue weighted by atomic mass is 10.0. The zero-order valence-corrected chi connectivity index (χ0v) is 12.4. The summed E-state index contributed by atoms with van der Waals surface area (Å²) in [6.45, 7) is 4.69. The molecule has 0 bridgehead atoms. The number of hydrogen-bond acceptors (Lipinski definition) is 4. The topological polar surface area (TPSA) is 77.8 Å². The first kappa shape index (κ1) is 14.9. The Kier molecular flexibility index (Phi) is 3.80. The van der Waals surface area contributed by atoms with Crippen molar-refractivity contribution in [1.82, 2.24) is 0 Å². The second-order valence-electron chi connectivity index (χ2n) is 5.29. The van der Waals surface area contributed by atoms with E-state index in [1.54, 1.807) is 19.1 Å². The van der Waals surface area contributed by atoms with Crippen molar-refractivity contribution in [2.75, 3.05) is 10.7 Å². The first-order valence-corrected chi connectivity index (χ1v) is 7.25. The highest BCUT2D eigenvalue weighted by molar-refractivity contribution is 8.00. The van der Waals surface area contributed by atoms with Crippen LogP contribution in [0, 0.1) is 0 Å². The molecule has 1 aromatic rings. The molecule has 0 aliphatic carbocycles. The lowest BCUT2D eigenvalue weighted by molar-refractivity contribution is -0.143. The molecule has 20 heavy (non-hydrogen) atoms. The molecule has 1 atom stereocenters. The number of carbonyl (C=O) groups is 2.